The Balaban J connectivity index is 1.51. The quantitative estimate of drug-likeness (QED) is 0.170. The smallest absolute Gasteiger partial charge is 0.265 e. The highest BCUT2D eigenvalue weighted by Gasteiger charge is 2.28. The summed E-state index contributed by atoms with van der Waals surface area (Å²) in [6.45, 7) is 3.77. The number of thioether (sulfide) groups is 1. The summed E-state index contributed by atoms with van der Waals surface area (Å²) in [5.41, 5.74) is 1.94. The summed E-state index contributed by atoms with van der Waals surface area (Å²) in [5.74, 6) is 2.01. The largest absolute Gasteiger partial charge is 0.493 e. The Morgan fingerprint density at radius 3 is 2.47 bits per heavy atom. The van der Waals surface area contributed by atoms with Gasteiger partial charge in [-0.2, -0.15) is 0 Å². The van der Waals surface area contributed by atoms with Crippen LogP contribution in [-0.4, -0.2) is 55.7 Å². The van der Waals surface area contributed by atoms with Crippen LogP contribution in [0.4, 0.5) is 0 Å². The number of amides is 1. The summed E-state index contributed by atoms with van der Waals surface area (Å²) in [4.78, 5) is 14.3. The molecule has 32 heavy (non-hydrogen) atoms. The summed E-state index contributed by atoms with van der Waals surface area (Å²) in [7, 11) is 3.27. The second kappa shape index (κ2) is 11.9. The van der Waals surface area contributed by atoms with E-state index >= 15 is 0 Å². The van der Waals surface area contributed by atoms with Gasteiger partial charge in [-0.1, -0.05) is 42.2 Å². The zero-order valence-corrected chi connectivity index (χ0v) is 21.8. The van der Waals surface area contributed by atoms with E-state index in [2.05, 4.69) is 22.6 Å². The molecular weight excluding hydrogens is 561 g/mol. The number of likely N-dealkylation sites (N-methyl/N-ethyl adjacent to an activating group) is 1. The fourth-order valence-corrected chi connectivity index (χ4v) is 4.85. The van der Waals surface area contributed by atoms with Crippen LogP contribution in [0, 0.1) is 10.5 Å². The van der Waals surface area contributed by atoms with Gasteiger partial charge in [0.25, 0.3) is 5.91 Å². The highest BCUT2D eigenvalue weighted by molar-refractivity contribution is 14.1. The Labute approximate surface area is 211 Å². The molecule has 0 aromatic heterocycles. The molecule has 9 heteroatoms. The van der Waals surface area contributed by atoms with Crippen molar-refractivity contribution in [3.8, 4) is 17.2 Å². The van der Waals surface area contributed by atoms with Gasteiger partial charge in [0.15, 0.2) is 11.5 Å². The molecule has 1 amide bonds. The summed E-state index contributed by atoms with van der Waals surface area (Å²) in [6.07, 6.45) is 1.81. The van der Waals surface area contributed by atoms with Gasteiger partial charge in [-0.15, -0.1) is 0 Å². The van der Waals surface area contributed by atoms with Gasteiger partial charge in [0.2, 0.25) is 0 Å². The molecule has 1 aliphatic rings. The molecule has 1 aliphatic heterocycles. The van der Waals surface area contributed by atoms with Gasteiger partial charge in [-0.05, 0) is 64.9 Å². The molecule has 1 saturated heterocycles. The first-order valence-electron chi connectivity index (χ1n) is 9.88. The van der Waals surface area contributed by atoms with Crippen LogP contribution in [0.15, 0.2) is 41.3 Å². The first-order chi connectivity index (χ1) is 15.4. The molecule has 1 heterocycles. The molecule has 0 atom stereocenters. The minimum Gasteiger partial charge on any atom is -0.493 e. The molecule has 0 radical (unpaired) electrons. The Hall–Kier alpha value is -1.82. The van der Waals surface area contributed by atoms with E-state index in [0.717, 1.165) is 20.4 Å². The van der Waals surface area contributed by atoms with Crippen molar-refractivity contribution < 1.29 is 23.7 Å². The van der Waals surface area contributed by atoms with E-state index in [4.69, 9.17) is 31.2 Å². The number of carbonyl (C=O) groups is 1. The van der Waals surface area contributed by atoms with Gasteiger partial charge < -0.3 is 18.9 Å². The van der Waals surface area contributed by atoms with Crippen molar-refractivity contribution in [1.29, 1.82) is 0 Å². The highest BCUT2D eigenvalue weighted by Crippen LogP contribution is 2.37. The third-order valence-corrected chi connectivity index (χ3v) is 6.88. The first-order valence-corrected chi connectivity index (χ1v) is 12.2. The number of halogens is 1. The standard InChI is InChI=1S/C23H24INO5S2/c1-15-6-4-5-7-18(15)29-10-8-28-9-11-30-21-17(24)12-16(13-19(21)27-3)14-20-22(26)25(2)23(31)32-20/h4-7,12-14H,8-11H2,1-3H3. The summed E-state index contributed by atoms with van der Waals surface area (Å²) in [6, 6.07) is 11.7. The van der Waals surface area contributed by atoms with Crippen molar-refractivity contribution in [2.45, 2.75) is 6.92 Å². The Morgan fingerprint density at radius 1 is 1.09 bits per heavy atom. The number of rotatable bonds is 10. The maximum absolute atomic E-state index is 12.2. The molecule has 2 aromatic rings. The number of aryl methyl sites for hydroxylation is 1. The molecule has 0 saturated carbocycles. The lowest BCUT2D eigenvalue weighted by Gasteiger charge is -2.14. The van der Waals surface area contributed by atoms with Crippen LogP contribution in [0.1, 0.15) is 11.1 Å². The summed E-state index contributed by atoms with van der Waals surface area (Å²) in [5, 5.41) is 0. The van der Waals surface area contributed by atoms with Gasteiger partial charge in [0.1, 0.15) is 23.3 Å². The van der Waals surface area contributed by atoms with E-state index in [0.29, 0.717) is 47.2 Å². The van der Waals surface area contributed by atoms with Crippen LogP contribution in [0.25, 0.3) is 6.08 Å². The monoisotopic (exact) mass is 585 g/mol. The minimum atomic E-state index is -0.0992. The van der Waals surface area contributed by atoms with Crippen LogP contribution in [0.2, 0.25) is 0 Å². The number of carbonyl (C=O) groups excluding carboxylic acids is 1. The lowest BCUT2D eigenvalue weighted by atomic mass is 10.2. The number of nitrogens with zero attached hydrogens (tertiary/aromatic N) is 1. The lowest BCUT2D eigenvalue weighted by molar-refractivity contribution is -0.121. The van der Waals surface area contributed by atoms with Crippen LogP contribution < -0.4 is 14.2 Å². The molecule has 0 aliphatic carbocycles. The molecular formula is C23H24INO5S2. The van der Waals surface area contributed by atoms with Crippen molar-refractivity contribution in [2.75, 3.05) is 40.6 Å². The number of thiocarbonyl (C=S) groups is 1. The fourth-order valence-electron chi connectivity index (χ4n) is 2.89. The average molecular weight is 585 g/mol. The molecule has 2 aromatic carbocycles. The predicted octanol–water partition coefficient (Wildman–Crippen LogP) is 4.91. The summed E-state index contributed by atoms with van der Waals surface area (Å²) >= 11 is 8.67. The highest BCUT2D eigenvalue weighted by atomic mass is 127. The van der Waals surface area contributed by atoms with Crippen molar-refractivity contribution in [3.63, 3.8) is 0 Å². The Morgan fingerprint density at radius 2 is 1.81 bits per heavy atom. The van der Waals surface area contributed by atoms with Crippen LogP contribution in [0.5, 0.6) is 17.2 Å². The number of benzene rings is 2. The second-order valence-corrected chi connectivity index (χ2v) is 9.69. The molecule has 0 unspecified atom stereocenters. The molecule has 0 N–H and O–H groups in total. The number of hydrogen-bond donors (Lipinski definition) is 0. The average Bonchev–Trinajstić information content (AvgIpc) is 3.01. The van der Waals surface area contributed by atoms with E-state index in [9.17, 15) is 4.79 Å². The number of para-hydroxylation sites is 1. The van der Waals surface area contributed by atoms with E-state index in [1.54, 1.807) is 14.2 Å². The van der Waals surface area contributed by atoms with E-state index in [1.165, 1.54) is 16.7 Å². The normalized spacial score (nSPS) is 14.9. The van der Waals surface area contributed by atoms with Gasteiger partial charge in [0.05, 0.1) is 28.8 Å². The first kappa shape index (κ1) is 24.8. The van der Waals surface area contributed by atoms with E-state index < -0.39 is 0 Å². The molecule has 0 spiro atoms. The van der Waals surface area contributed by atoms with Gasteiger partial charge in [0, 0.05) is 7.05 Å². The predicted molar refractivity (Wildman–Crippen MR) is 140 cm³/mol. The van der Waals surface area contributed by atoms with E-state index in [-0.39, 0.29) is 5.91 Å². The van der Waals surface area contributed by atoms with Gasteiger partial charge >= 0.3 is 0 Å². The van der Waals surface area contributed by atoms with Crippen molar-refractivity contribution >= 4 is 62.9 Å². The second-order valence-electron chi connectivity index (χ2n) is 6.85. The van der Waals surface area contributed by atoms with Crippen LogP contribution in [-0.2, 0) is 9.53 Å². The Kier molecular flexibility index (Phi) is 9.21. The van der Waals surface area contributed by atoms with Gasteiger partial charge in [-0.25, -0.2) is 0 Å². The number of ether oxygens (including phenoxy) is 4. The number of methoxy groups -OCH3 is 1. The molecule has 170 valence electrons. The fraction of sp³-hybridized carbons (Fsp3) is 0.304. The van der Waals surface area contributed by atoms with Crippen LogP contribution >= 0.6 is 46.6 Å². The minimum absolute atomic E-state index is 0.0992. The van der Waals surface area contributed by atoms with E-state index in [1.807, 2.05) is 49.4 Å². The molecule has 1 fully saturated rings. The third-order valence-electron chi connectivity index (χ3n) is 4.59. The number of hydrogen-bond acceptors (Lipinski definition) is 7. The lowest BCUT2D eigenvalue weighted by Crippen LogP contribution is -2.22. The molecule has 0 bridgehead atoms. The van der Waals surface area contributed by atoms with Gasteiger partial charge in [-0.3, -0.25) is 9.69 Å². The SMILES string of the molecule is COc1cc(C=C2SC(=S)N(C)C2=O)cc(I)c1OCCOCCOc1ccccc1C. The Bertz CT molecular complexity index is 1030. The zero-order chi connectivity index (χ0) is 23.1. The summed E-state index contributed by atoms with van der Waals surface area (Å²) < 4.78 is 24.2. The topological polar surface area (TPSA) is 57.2 Å². The maximum Gasteiger partial charge on any atom is 0.265 e. The van der Waals surface area contributed by atoms with Crippen molar-refractivity contribution in [2.24, 2.45) is 0 Å². The third kappa shape index (κ3) is 6.37. The zero-order valence-electron chi connectivity index (χ0n) is 18.1. The van der Waals surface area contributed by atoms with Crippen molar-refractivity contribution in [3.05, 3.63) is 56.0 Å². The molecule has 6 nitrogen and oxygen atoms in total. The van der Waals surface area contributed by atoms with Crippen molar-refractivity contribution in [1.82, 2.24) is 4.90 Å². The molecule has 3 rings (SSSR count). The van der Waals surface area contributed by atoms with Crippen LogP contribution in [0.3, 0.4) is 0 Å². The maximum atomic E-state index is 12.2.